The van der Waals surface area contributed by atoms with Crippen molar-refractivity contribution in [3.8, 4) is 11.3 Å². The lowest BCUT2D eigenvalue weighted by Crippen LogP contribution is -2.50. The Kier molecular flexibility index (Phi) is 11.2. The van der Waals surface area contributed by atoms with E-state index in [1.165, 1.54) is 16.7 Å². The van der Waals surface area contributed by atoms with Gasteiger partial charge in [-0.3, -0.25) is 19.4 Å². The molecule has 3 heterocycles. The summed E-state index contributed by atoms with van der Waals surface area (Å²) in [7, 11) is -4.09. The number of aryl methyl sites for hydroxylation is 2. The second kappa shape index (κ2) is 15.7. The molecule has 1 aliphatic heterocycles. The molecule has 5 rings (SSSR count). The largest absolute Gasteiger partial charge is 0.441 e. The molecule has 0 saturated carbocycles. The average molecular weight is 674 g/mol. The Morgan fingerprint density at radius 3 is 2.46 bits per heavy atom. The molecular weight excluding hydrogens is 634 g/mol. The summed E-state index contributed by atoms with van der Waals surface area (Å²) in [4.78, 5) is 47.8. The third-order valence-corrected chi connectivity index (χ3v) is 9.90. The molecule has 0 unspecified atom stereocenters. The highest BCUT2D eigenvalue weighted by molar-refractivity contribution is 7.89. The zero-order chi connectivity index (χ0) is 34.1. The van der Waals surface area contributed by atoms with Gasteiger partial charge in [0.2, 0.25) is 21.8 Å². The predicted octanol–water partition coefficient (Wildman–Crippen LogP) is 2.82. The molecule has 14 heteroatoms. The van der Waals surface area contributed by atoms with Crippen LogP contribution in [0.4, 0.5) is 5.69 Å². The van der Waals surface area contributed by atoms with E-state index in [0.717, 1.165) is 5.56 Å². The van der Waals surface area contributed by atoms with Gasteiger partial charge in [0.25, 0.3) is 5.91 Å². The summed E-state index contributed by atoms with van der Waals surface area (Å²) in [6, 6.07) is 16.6. The quantitative estimate of drug-likeness (QED) is 0.248. The summed E-state index contributed by atoms with van der Waals surface area (Å²) in [6.45, 7) is 4.04. The fraction of sp³-hybridized carbons (Fsp3) is 0.324. The minimum atomic E-state index is -4.09. The Labute approximate surface area is 279 Å². The summed E-state index contributed by atoms with van der Waals surface area (Å²) < 4.78 is 35.2. The molecule has 0 aliphatic carbocycles. The number of fused-ring (bicyclic) bond motifs is 2. The van der Waals surface area contributed by atoms with Crippen LogP contribution in [-0.2, 0) is 26.0 Å². The molecule has 0 fully saturated rings. The highest BCUT2D eigenvalue weighted by Gasteiger charge is 2.28. The number of anilines is 1. The fourth-order valence-electron chi connectivity index (χ4n) is 5.31. The van der Waals surface area contributed by atoms with Gasteiger partial charge in [-0.25, -0.2) is 13.4 Å². The van der Waals surface area contributed by atoms with Crippen LogP contribution >= 0.6 is 0 Å². The Morgan fingerprint density at radius 1 is 0.896 bits per heavy atom. The average Bonchev–Trinajstić information content (AvgIpc) is 3.52. The van der Waals surface area contributed by atoms with Crippen molar-refractivity contribution in [3.63, 3.8) is 0 Å². The molecule has 252 valence electrons. The van der Waals surface area contributed by atoms with Gasteiger partial charge in [0.1, 0.15) is 11.7 Å². The molecule has 4 N–H and O–H groups in total. The normalized spacial score (nSPS) is 17.5. The molecule has 2 aromatic heterocycles. The molecule has 3 amide bonds. The lowest BCUT2D eigenvalue weighted by atomic mass is 10.0. The number of nitrogens with one attached hydrogen (secondary N) is 4. The lowest BCUT2D eigenvalue weighted by molar-refractivity contribution is -0.123. The van der Waals surface area contributed by atoms with Crippen molar-refractivity contribution >= 4 is 33.4 Å². The van der Waals surface area contributed by atoms with Crippen LogP contribution in [0.1, 0.15) is 40.3 Å². The van der Waals surface area contributed by atoms with Crippen LogP contribution in [0.3, 0.4) is 0 Å². The first kappa shape index (κ1) is 34.3. The third-order valence-electron chi connectivity index (χ3n) is 7.86. The number of hydrogen-bond donors (Lipinski definition) is 4. The number of carbonyl (C=O) groups excluding carboxylic acids is 3. The first-order valence-electron chi connectivity index (χ1n) is 15.7. The smallest absolute Gasteiger partial charge is 0.270 e. The van der Waals surface area contributed by atoms with E-state index in [2.05, 4.69) is 31.2 Å². The van der Waals surface area contributed by atoms with E-state index in [9.17, 15) is 22.8 Å². The lowest BCUT2D eigenvalue weighted by Gasteiger charge is -2.24. The van der Waals surface area contributed by atoms with Gasteiger partial charge >= 0.3 is 0 Å². The van der Waals surface area contributed by atoms with Crippen LogP contribution in [0.2, 0.25) is 0 Å². The van der Waals surface area contributed by atoms with Crippen molar-refractivity contribution in [2.75, 3.05) is 38.0 Å². The molecule has 4 aromatic rings. The van der Waals surface area contributed by atoms with Crippen molar-refractivity contribution in [2.45, 2.75) is 44.0 Å². The van der Waals surface area contributed by atoms with Crippen LogP contribution in [0.25, 0.3) is 11.3 Å². The fourth-order valence-corrected chi connectivity index (χ4v) is 7.04. The maximum absolute atomic E-state index is 14.2. The number of aromatic nitrogens is 2. The third kappa shape index (κ3) is 8.83. The van der Waals surface area contributed by atoms with Crippen LogP contribution in [-0.4, -0.2) is 79.2 Å². The second-order valence-corrected chi connectivity index (χ2v) is 13.4. The summed E-state index contributed by atoms with van der Waals surface area (Å²) in [6.07, 6.45) is 3.59. The number of sulfonamides is 1. The van der Waals surface area contributed by atoms with Crippen molar-refractivity contribution in [1.29, 1.82) is 0 Å². The monoisotopic (exact) mass is 673 g/mol. The summed E-state index contributed by atoms with van der Waals surface area (Å²) in [5.74, 6) is -0.351. The topological polar surface area (TPSA) is 176 Å². The van der Waals surface area contributed by atoms with E-state index >= 15 is 0 Å². The van der Waals surface area contributed by atoms with Gasteiger partial charge < -0.3 is 25.7 Å². The first-order chi connectivity index (χ1) is 23.1. The van der Waals surface area contributed by atoms with Gasteiger partial charge in [0.05, 0.1) is 11.1 Å². The van der Waals surface area contributed by atoms with E-state index in [1.807, 2.05) is 30.3 Å². The Morgan fingerprint density at radius 2 is 1.69 bits per heavy atom. The van der Waals surface area contributed by atoms with Gasteiger partial charge in [-0.2, -0.15) is 4.31 Å². The minimum Gasteiger partial charge on any atom is -0.441 e. The van der Waals surface area contributed by atoms with Crippen LogP contribution in [0, 0.1) is 13.8 Å². The molecule has 2 bridgehead atoms. The Hall–Kier alpha value is -5.08. The molecule has 1 atom stereocenters. The summed E-state index contributed by atoms with van der Waals surface area (Å²) in [5.41, 5.74) is 2.66. The van der Waals surface area contributed by atoms with Gasteiger partial charge in [0, 0.05) is 69.9 Å². The summed E-state index contributed by atoms with van der Waals surface area (Å²) in [5, 5.41) is 11.6. The number of pyridine rings is 1. The van der Waals surface area contributed by atoms with Crippen LogP contribution in [0.5, 0.6) is 0 Å². The number of hydrogen-bond acceptors (Lipinski definition) is 9. The molecule has 2 aromatic carbocycles. The number of oxazole rings is 1. The van der Waals surface area contributed by atoms with Gasteiger partial charge in [-0.05, 0) is 42.7 Å². The van der Waals surface area contributed by atoms with E-state index in [4.69, 9.17) is 4.42 Å². The molecular formula is C34H39N7O6S. The SMILES string of the molecule is Cc1ncc(-c2ccc(C)c(S(=O)(=O)N3CCCC(=O)NCCNc4ccnc(c4)C(=O)N[C@@H](Cc4ccccc4)C(=O)NCC3)c2)o1. The molecule has 13 nitrogen and oxygen atoms in total. The number of benzene rings is 2. The predicted molar refractivity (Wildman–Crippen MR) is 180 cm³/mol. The van der Waals surface area contributed by atoms with Crippen LogP contribution in [0.15, 0.2) is 82.4 Å². The number of rotatable bonds is 5. The minimum absolute atomic E-state index is 0.0383. The van der Waals surface area contributed by atoms with Gasteiger partial charge in [0.15, 0.2) is 11.7 Å². The van der Waals surface area contributed by atoms with E-state index in [-0.39, 0.29) is 55.4 Å². The second-order valence-electron chi connectivity index (χ2n) is 11.4. The first-order valence-corrected chi connectivity index (χ1v) is 17.2. The highest BCUT2D eigenvalue weighted by atomic mass is 32.2. The Bertz CT molecular complexity index is 1860. The number of carbonyl (C=O) groups is 3. The standard InChI is InChI=1S/C34H39N7O6S/c1-23-10-11-26(30-22-39-24(2)47-30)20-31(23)48(45,46)41-17-6-9-32(42)37-15-14-35-27-12-13-36-28(21-27)34(44)40-29(33(43)38-16-18-41)19-25-7-4-3-5-8-25/h3-5,7-8,10-13,20-22,29,35H,6,9,14-19H2,1-2H3,(H,37,42)(H,38,43)(H,40,44)/t29-/m0/s1. The molecule has 48 heavy (non-hydrogen) atoms. The number of amides is 3. The van der Waals surface area contributed by atoms with Gasteiger partial charge in [-0.15, -0.1) is 0 Å². The highest BCUT2D eigenvalue weighted by Crippen LogP contribution is 2.28. The Balaban J connectivity index is 1.40. The van der Waals surface area contributed by atoms with Crippen molar-refractivity contribution in [2.24, 2.45) is 0 Å². The maximum Gasteiger partial charge on any atom is 0.270 e. The van der Waals surface area contributed by atoms with Gasteiger partial charge in [-0.1, -0.05) is 42.5 Å². The zero-order valence-electron chi connectivity index (χ0n) is 26.9. The maximum atomic E-state index is 14.2. The molecule has 0 saturated heterocycles. The molecule has 0 radical (unpaired) electrons. The van der Waals surface area contributed by atoms with Crippen molar-refractivity contribution in [3.05, 3.63) is 95.8 Å². The van der Waals surface area contributed by atoms with Crippen molar-refractivity contribution in [1.82, 2.24) is 30.2 Å². The van der Waals surface area contributed by atoms with E-state index in [1.54, 1.807) is 44.2 Å². The molecule has 0 spiro atoms. The zero-order valence-corrected chi connectivity index (χ0v) is 27.7. The number of nitrogens with zero attached hydrogens (tertiary/aromatic N) is 3. The van der Waals surface area contributed by atoms with E-state index in [0.29, 0.717) is 41.6 Å². The summed E-state index contributed by atoms with van der Waals surface area (Å²) >= 11 is 0. The molecule has 1 aliphatic rings. The van der Waals surface area contributed by atoms with E-state index < -0.39 is 27.9 Å². The van der Waals surface area contributed by atoms with Crippen LogP contribution < -0.4 is 21.3 Å². The van der Waals surface area contributed by atoms with Crippen molar-refractivity contribution < 1.29 is 27.2 Å².